The van der Waals surface area contributed by atoms with Crippen molar-refractivity contribution in [3.8, 4) is 0 Å². The van der Waals surface area contributed by atoms with Crippen molar-refractivity contribution in [3.63, 3.8) is 0 Å². The third-order valence-electron chi connectivity index (χ3n) is 2.51. The van der Waals surface area contributed by atoms with E-state index >= 15 is 0 Å². The Morgan fingerprint density at radius 2 is 2.29 bits per heavy atom. The third kappa shape index (κ3) is 1.78. The van der Waals surface area contributed by atoms with Gasteiger partial charge in [0.2, 0.25) is 0 Å². The zero-order valence-electron chi connectivity index (χ0n) is 8.81. The molecule has 17 heavy (non-hydrogen) atoms. The van der Waals surface area contributed by atoms with Gasteiger partial charge in [-0.15, -0.1) is 0 Å². The number of aromatic amines is 1. The highest BCUT2D eigenvalue weighted by atomic mass is 16.5. The lowest BCUT2D eigenvalue weighted by molar-refractivity contribution is 0.102. The first-order chi connectivity index (χ1) is 8.33. The summed E-state index contributed by atoms with van der Waals surface area (Å²) in [5, 5.41) is 7.21. The van der Waals surface area contributed by atoms with Gasteiger partial charge in [-0.2, -0.15) is 0 Å². The number of rotatable bonds is 2. The molecule has 1 aromatic carbocycles. The number of fused-ring (bicyclic) bond motifs is 1. The zero-order chi connectivity index (χ0) is 11.7. The summed E-state index contributed by atoms with van der Waals surface area (Å²) in [4.78, 5) is 15.0. The third-order valence-corrected chi connectivity index (χ3v) is 2.51. The first-order valence-electron chi connectivity index (χ1n) is 5.11. The summed E-state index contributed by atoms with van der Waals surface area (Å²) >= 11 is 0. The SMILES string of the molecule is O=C(Nc1cnoc1)c1ccc2[nH]ccc2c1. The first kappa shape index (κ1) is 9.65. The fourth-order valence-electron chi connectivity index (χ4n) is 1.66. The van der Waals surface area contributed by atoms with Crippen LogP contribution in [-0.4, -0.2) is 16.0 Å². The Labute approximate surface area is 96.4 Å². The van der Waals surface area contributed by atoms with Crippen LogP contribution in [0.25, 0.3) is 10.9 Å². The molecule has 84 valence electrons. The lowest BCUT2D eigenvalue weighted by atomic mass is 10.1. The predicted octanol–water partition coefficient (Wildman–Crippen LogP) is 2.41. The first-order valence-corrected chi connectivity index (χ1v) is 5.11. The van der Waals surface area contributed by atoms with Crippen LogP contribution in [0.1, 0.15) is 10.4 Å². The maximum Gasteiger partial charge on any atom is 0.255 e. The number of hydrogen-bond acceptors (Lipinski definition) is 3. The van der Waals surface area contributed by atoms with Gasteiger partial charge in [0, 0.05) is 22.7 Å². The molecule has 0 atom stereocenters. The van der Waals surface area contributed by atoms with Gasteiger partial charge in [-0.25, -0.2) is 0 Å². The summed E-state index contributed by atoms with van der Waals surface area (Å²) in [5.74, 6) is -0.184. The van der Waals surface area contributed by atoms with E-state index in [0.717, 1.165) is 10.9 Å². The second kappa shape index (κ2) is 3.79. The van der Waals surface area contributed by atoms with E-state index in [0.29, 0.717) is 11.3 Å². The summed E-state index contributed by atoms with van der Waals surface area (Å²) < 4.78 is 4.64. The maximum atomic E-state index is 11.9. The lowest BCUT2D eigenvalue weighted by Gasteiger charge is -2.01. The van der Waals surface area contributed by atoms with Crippen molar-refractivity contribution < 1.29 is 9.32 Å². The summed E-state index contributed by atoms with van der Waals surface area (Å²) in [6.07, 6.45) is 4.67. The minimum atomic E-state index is -0.184. The van der Waals surface area contributed by atoms with Crippen LogP contribution in [0, 0.1) is 0 Å². The number of anilines is 1. The normalized spacial score (nSPS) is 10.6. The van der Waals surface area contributed by atoms with Crippen molar-refractivity contribution >= 4 is 22.5 Å². The summed E-state index contributed by atoms with van der Waals surface area (Å²) in [5.41, 5.74) is 2.15. The van der Waals surface area contributed by atoms with E-state index in [1.54, 1.807) is 6.07 Å². The molecule has 0 bridgehead atoms. The maximum absolute atomic E-state index is 11.9. The molecule has 3 rings (SSSR count). The molecule has 3 aromatic rings. The number of aromatic nitrogens is 2. The van der Waals surface area contributed by atoms with Crippen molar-refractivity contribution in [1.29, 1.82) is 0 Å². The van der Waals surface area contributed by atoms with Crippen LogP contribution in [0.2, 0.25) is 0 Å². The van der Waals surface area contributed by atoms with Crippen LogP contribution in [0.15, 0.2) is 47.4 Å². The van der Waals surface area contributed by atoms with E-state index in [-0.39, 0.29) is 5.91 Å². The summed E-state index contributed by atoms with van der Waals surface area (Å²) in [7, 11) is 0. The Morgan fingerprint density at radius 1 is 1.35 bits per heavy atom. The van der Waals surface area contributed by atoms with Gasteiger partial charge in [-0.1, -0.05) is 5.16 Å². The smallest absolute Gasteiger partial charge is 0.255 e. The van der Waals surface area contributed by atoms with Crippen molar-refractivity contribution in [2.45, 2.75) is 0 Å². The molecule has 0 aliphatic rings. The number of benzene rings is 1. The number of amides is 1. The van der Waals surface area contributed by atoms with Crippen molar-refractivity contribution in [1.82, 2.24) is 10.1 Å². The van der Waals surface area contributed by atoms with Crippen molar-refractivity contribution in [2.24, 2.45) is 0 Å². The molecule has 2 heterocycles. The van der Waals surface area contributed by atoms with Gasteiger partial charge in [0.05, 0.1) is 6.20 Å². The minimum Gasteiger partial charge on any atom is -0.363 e. The number of nitrogens with one attached hydrogen (secondary N) is 2. The number of hydrogen-bond donors (Lipinski definition) is 2. The number of carbonyl (C=O) groups excluding carboxylic acids is 1. The predicted molar refractivity (Wildman–Crippen MR) is 62.8 cm³/mol. The summed E-state index contributed by atoms with van der Waals surface area (Å²) in [6, 6.07) is 7.39. The van der Waals surface area contributed by atoms with Crippen LogP contribution in [-0.2, 0) is 0 Å². The van der Waals surface area contributed by atoms with Gasteiger partial charge in [-0.05, 0) is 24.3 Å². The molecule has 0 radical (unpaired) electrons. The molecule has 0 spiro atoms. The molecule has 1 amide bonds. The Balaban J connectivity index is 1.90. The molecule has 0 fully saturated rings. The average molecular weight is 227 g/mol. The standard InChI is InChI=1S/C12H9N3O2/c16-12(15-10-6-14-17-7-10)9-1-2-11-8(5-9)3-4-13-11/h1-7,13H,(H,15,16). The Hall–Kier alpha value is -2.56. The monoisotopic (exact) mass is 227 g/mol. The largest absolute Gasteiger partial charge is 0.363 e. The van der Waals surface area contributed by atoms with E-state index in [2.05, 4.69) is 20.0 Å². The van der Waals surface area contributed by atoms with E-state index < -0.39 is 0 Å². The van der Waals surface area contributed by atoms with Gasteiger partial charge in [-0.3, -0.25) is 4.79 Å². The Bertz CT molecular complexity index is 655. The molecule has 2 aromatic heterocycles. The van der Waals surface area contributed by atoms with Gasteiger partial charge in [0.1, 0.15) is 12.0 Å². The van der Waals surface area contributed by atoms with Gasteiger partial charge < -0.3 is 14.8 Å². The topological polar surface area (TPSA) is 70.9 Å². The summed E-state index contributed by atoms with van der Waals surface area (Å²) in [6.45, 7) is 0. The molecule has 5 heteroatoms. The van der Waals surface area contributed by atoms with E-state index in [4.69, 9.17) is 0 Å². The van der Waals surface area contributed by atoms with Crippen molar-refractivity contribution in [2.75, 3.05) is 5.32 Å². The number of H-pyrrole nitrogens is 1. The van der Waals surface area contributed by atoms with Gasteiger partial charge in [0.15, 0.2) is 0 Å². The molecular weight excluding hydrogens is 218 g/mol. The second-order valence-electron chi connectivity index (χ2n) is 3.65. The van der Waals surface area contributed by atoms with Crippen LogP contribution in [0.5, 0.6) is 0 Å². The van der Waals surface area contributed by atoms with Crippen LogP contribution >= 0.6 is 0 Å². The average Bonchev–Trinajstić information content (AvgIpc) is 2.97. The highest BCUT2D eigenvalue weighted by Crippen LogP contribution is 2.15. The second-order valence-corrected chi connectivity index (χ2v) is 3.65. The number of nitrogens with zero attached hydrogens (tertiary/aromatic N) is 1. The molecule has 0 saturated carbocycles. The fourth-order valence-corrected chi connectivity index (χ4v) is 1.66. The molecular formula is C12H9N3O2. The fraction of sp³-hybridized carbons (Fsp3) is 0. The molecule has 0 unspecified atom stereocenters. The molecule has 0 aliphatic carbocycles. The van der Waals surface area contributed by atoms with E-state index in [9.17, 15) is 4.79 Å². The number of carbonyl (C=O) groups is 1. The zero-order valence-corrected chi connectivity index (χ0v) is 8.81. The molecule has 0 aliphatic heterocycles. The highest BCUT2D eigenvalue weighted by Gasteiger charge is 2.08. The lowest BCUT2D eigenvalue weighted by Crippen LogP contribution is -2.10. The van der Waals surface area contributed by atoms with Gasteiger partial charge in [0.25, 0.3) is 5.91 Å². The molecule has 5 nitrogen and oxygen atoms in total. The molecule has 0 saturated heterocycles. The van der Waals surface area contributed by atoms with Crippen LogP contribution < -0.4 is 5.32 Å². The highest BCUT2D eigenvalue weighted by molar-refractivity contribution is 6.06. The van der Waals surface area contributed by atoms with Crippen molar-refractivity contribution in [3.05, 3.63) is 48.5 Å². The van der Waals surface area contributed by atoms with Crippen LogP contribution in [0.3, 0.4) is 0 Å². The molecule has 2 N–H and O–H groups in total. The minimum absolute atomic E-state index is 0.184. The van der Waals surface area contributed by atoms with Gasteiger partial charge >= 0.3 is 0 Å². The van der Waals surface area contributed by atoms with Crippen LogP contribution in [0.4, 0.5) is 5.69 Å². The van der Waals surface area contributed by atoms with E-state index in [1.807, 2.05) is 24.4 Å². The quantitative estimate of drug-likeness (QED) is 0.706. The Kier molecular flexibility index (Phi) is 2.15. The Morgan fingerprint density at radius 3 is 3.12 bits per heavy atom. The van der Waals surface area contributed by atoms with E-state index in [1.165, 1.54) is 12.5 Å².